The Morgan fingerprint density at radius 2 is 2.55 bits per heavy atom. The highest BCUT2D eigenvalue weighted by Crippen LogP contribution is 2.06. The van der Waals surface area contributed by atoms with Gasteiger partial charge in [0.1, 0.15) is 5.82 Å². The lowest BCUT2D eigenvalue weighted by Gasteiger charge is -2.13. The molecule has 1 aromatic rings. The van der Waals surface area contributed by atoms with Gasteiger partial charge in [-0.25, -0.2) is 10.6 Å². The van der Waals surface area contributed by atoms with Gasteiger partial charge < -0.3 is 4.98 Å². The van der Waals surface area contributed by atoms with Crippen molar-refractivity contribution in [1.82, 2.24) is 10.4 Å². The number of anilines is 1. The number of nitrogens with zero attached hydrogens (tertiary/aromatic N) is 1. The molecule has 0 aliphatic carbocycles. The molecule has 1 heterocycles. The number of rotatable bonds is 1. The van der Waals surface area contributed by atoms with Crippen LogP contribution in [0.4, 0.5) is 10.6 Å². The first-order chi connectivity index (χ1) is 5.25. The number of urea groups is 1. The van der Waals surface area contributed by atoms with Crippen LogP contribution in [-0.4, -0.2) is 18.1 Å². The minimum absolute atomic E-state index is 0.354. The van der Waals surface area contributed by atoms with Crippen molar-refractivity contribution in [3.05, 3.63) is 18.3 Å². The van der Waals surface area contributed by atoms with Crippen molar-refractivity contribution < 1.29 is 4.79 Å². The normalized spacial score (nSPS) is 9.27. The summed E-state index contributed by atoms with van der Waals surface area (Å²) in [5.74, 6) is 5.63. The zero-order chi connectivity index (χ0) is 8.27. The van der Waals surface area contributed by atoms with E-state index < -0.39 is 0 Å². The number of hydrogen-bond acceptors (Lipinski definition) is 2. The first-order valence-corrected chi connectivity index (χ1v) is 3.13. The van der Waals surface area contributed by atoms with Crippen LogP contribution in [0.25, 0.3) is 0 Å². The highest BCUT2D eigenvalue weighted by atomic mass is 16.2. The second-order valence-electron chi connectivity index (χ2n) is 2.06. The molecular weight excluding hydrogens is 144 g/mol. The molecule has 0 aromatic carbocycles. The summed E-state index contributed by atoms with van der Waals surface area (Å²) in [6.07, 6.45) is 1.73. The molecule has 0 saturated carbocycles. The molecule has 0 bridgehead atoms. The molecule has 0 spiro atoms. The van der Waals surface area contributed by atoms with Crippen LogP contribution in [0, 0.1) is 0 Å². The maximum absolute atomic E-state index is 10.9. The van der Waals surface area contributed by atoms with E-state index in [0.717, 1.165) is 0 Å². The van der Waals surface area contributed by atoms with Crippen molar-refractivity contribution in [2.75, 3.05) is 11.9 Å². The molecule has 0 saturated heterocycles. The number of nitrogens with one attached hydrogen (secondary N) is 2. The van der Waals surface area contributed by atoms with E-state index in [0.29, 0.717) is 5.82 Å². The second kappa shape index (κ2) is 3.07. The Kier molecular flexibility index (Phi) is 2.12. The van der Waals surface area contributed by atoms with Crippen molar-refractivity contribution in [3.8, 4) is 0 Å². The number of aromatic nitrogens is 1. The van der Waals surface area contributed by atoms with Crippen LogP contribution in [0.1, 0.15) is 0 Å². The minimum atomic E-state index is -0.354. The number of carbonyl (C=O) groups excluding carboxylic acids is 1. The van der Waals surface area contributed by atoms with Gasteiger partial charge in [-0.05, 0) is 12.1 Å². The molecule has 1 aromatic heterocycles. The van der Waals surface area contributed by atoms with Crippen LogP contribution in [-0.2, 0) is 0 Å². The van der Waals surface area contributed by atoms with Gasteiger partial charge in [-0.1, -0.05) is 0 Å². The summed E-state index contributed by atoms with van der Waals surface area (Å²) >= 11 is 0. The first-order valence-electron chi connectivity index (χ1n) is 3.13. The number of nitrogens with two attached hydrogens (primary N) is 1. The lowest BCUT2D eigenvalue weighted by Crippen LogP contribution is -2.41. The van der Waals surface area contributed by atoms with Crippen LogP contribution in [0.3, 0.4) is 0 Å². The van der Waals surface area contributed by atoms with E-state index in [4.69, 9.17) is 5.84 Å². The van der Waals surface area contributed by atoms with Crippen molar-refractivity contribution in [2.45, 2.75) is 0 Å². The Morgan fingerprint density at radius 3 is 3.00 bits per heavy atom. The van der Waals surface area contributed by atoms with Crippen LogP contribution < -0.4 is 16.2 Å². The molecular formula is C6H10N4O. The standard InChI is InChI=1S/C6H10N4O/c1-10(6(11)9-7)5-3-2-4-8-5/h2-4,8H,7H2,1H3,(H,9,11). The summed E-state index contributed by atoms with van der Waals surface area (Å²) in [6, 6.07) is 3.22. The average molecular weight is 154 g/mol. The Morgan fingerprint density at radius 1 is 1.82 bits per heavy atom. The molecule has 0 atom stereocenters. The first kappa shape index (κ1) is 7.62. The van der Waals surface area contributed by atoms with Crippen LogP contribution in [0.5, 0.6) is 0 Å². The second-order valence-corrected chi connectivity index (χ2v) is 2.06. The lowest BCUT2D eigenvalue weighted by atomic mass is 10.6. The van der Waals surface area contributed by atoms with E-state index in [9.17, 15) is 4.79 Å². The third-order valence-electron chi connectivity index (χ3n) is 1.37. The highest BCUT2D eigenvalue weighted by molar-refractivity contribution is 5.89. The summed E-state index contributed by atoms with van der Waals surface area (Å²) < 4.78 is 0. The van der Waals surface area contributed by atoms with Crippen molar-refractivity contribution in [1.29, 1.82) is 0 Å². The van der Waals surface area contributed by atoms with Crippen LogP contribution >= 0.6 is 0 Å². The summed E-state index contributed by atoms with van der Waals surface area (Å²) in [5.41, 5.74) is 2.02. The topological polar surface area (TPSA) is 74.2 Å². The molecule has 0 aliphatic rings. The summed E-state index contributed by atoms with van der Waals surface area (Å²) in [6.45, 7) is 0. The summed E-state index contributed by atoms with van der Waals surface area (Å²) in [4.78, 5) is 15.1. The van der Waals surface area contributed by atoms with Gasteiger partial charge in [-0.3, -0.25) is 10.3 Å². The van der Waals surface area contributed by atoms with E-state index >= 15 is 0 Å². The van der Waals surface area contributed by atoms with Crippen LogP contribution in [0.15, 0.2) is 18.3 Å². The summed E-state index contributed by atoms with van der Waals surface area (Å²) in [7, 11) is 1.62. The Labute approximate surface area is 64.2 Å². The predicted octanol–water partition coefficient (Wildman–Crippen LogP) is 0.0342. The molecule has 0 aliphatic heterocycles. The van der Waals surface area contributed by atoms with Crippen molar-refractivity contribution >= 4 is 11.8 Å². The lowest BCUT2D eigenvalue weighted by molar-refractivity contribution is 0.247. The number of hydrogen-bond donors (Lipinski definition) is 3. The SMILES string of the molecule is CN(C(=O)NN)c1ccc[nH]1. The fourth-order valence-corrected chi connectivity index (χ4v) is 0.736. The molecule has 0 fully saturated rings. The van der Waals surface area contributed by atoms with Gasteiger partial charge in [-0.15, -0.1) is 0 Å². The van der Waals surface area contributed by atoms with E-state index in [2.05, 4.69) is 4.98 Å². The minimum Gasteiger partial charge on any atom is -0.348 e. The maximum Gasteiger partial charge on any atom is 0.336 e. The predicted molar refractivity (Wildman–Crippen MR) is 41.9 cm³/mol. The third-order valence-corrected chi connectivity index (χ3v) is 1.37. The number of aromatic amines is 1. The number of H-pyrrole nitrogens is 1. The Bertz CT molecular complexity index is 231. The van der Waals surface area contributed by atoms with Crippen molar-refractivity contribution in [3.63, 3.8) is 0 Å². The fourth-order valence-electron chi connectivity index (χ4n) is 0.736. The molecule has 0 radical (unpaired) electrons. The van der Waals surface area contributed by atoms with E-state index in [1.807, 2.05) is 5.43 Å². The van der Waals surface area contributed by atoms with Gasteiger partial charge in [0.25, 0.3) is 0 Å². The quantitative estimate of drug-likeness (QED) is 0.303. The summed E-state index contributed by atoms with van der Waals surface area (Å²) in [5, 5.41) is 0. The number of carbonyl (C=O) groups is 1. The van der Waals surface area contributed by atoms with E-state index in [1.54, 1.807) is 25.4 Å². The Balaban J connectivity index is 2.70. The smallest absolute Gasteiger partial charge is 0.336 e. The van der Waals surface area contributed by atoms with Gasteiger partial charge in [0.15, 0.2) is 0 Å². The number of amides is 2. The van der Waals surface area contributed by atoms with Crippen molar-refractivity contribution in [2.24, 2.45) is 5.84 Å². The largest absolute Gasteiger partial charge is 0.348 e. The molecule has 5 heteroatoms. The third kappa shape index (κ3) is 1.50. The average Bonchev–Trinajstić information content (AvgIpc) is 2.53. The van der Waals surface area contributed by atoms with E-state index in [1.165, 1.54) is 4.90 Å². The van der Waals surface area contributed by atoms with Gasteiger partial charge in [0.2, 0.25) is 0 Å². The molecule has 11 heavy (non-hydrogen) atoms. The Hall–Kier alpha value is -1.49. The highest BCUT2D eigenvalue weighted by Gasteiger charge is 2.07. The fraction of sp³-hybridized carbons (Fsp3) is 0.167. The molecule has 60 valence electrons. The zero-order valence-electron chi connectivity index (χ0n) is 6.16. The van der Waals surface area contributed by atoms with Crippen LogP contribution in [0.2, 0.25) is 0 Å². The monoisotopic (exact) mass is 154 g/mol. The molecule has 0 unspecified atom stereocenters. The maximum atomic E-state index is 10.9. The molecule has 5 nitrogen and oxygen atoms in total. The van der Waals surface area contributed by atoms with E-state index in [-0.39, 0.29) is 6.03 Å². The molecule has 1 rings (SSSR count). The van der Waals surface area contributed by atoms with Gasteiger partial charge in [0, 0.05) is 13.2 Å². The molecule has 2 amide bonds. The number of hydrazine groups is 1. The molecule has 4 N–H and O–H groups in total. The van der Waals surface area contributed by atoms with Gasteiger partial charge in [-0.2, -0.15) is 0 Å². The zero-order valence-corrected chi connectivity index (χ0v) is 6.16. The van der Waals surface area contributed by atoms with Gasteiger partial charge >= 0.3 is 6.03 Å². The van der Waals surface area contributed by atoms with Gasteiger partial charge in [0.05, 0.1) is 0 Å².